The van der Waals surface area contributed by atoms with Gasteiger partial charge in [0.25, 0.3) is 0 Å². The molecular weight excluding hydrogens is 388 g/mol. The summed E-state index contributed by atoms with van der Waals surface area (Å²) in [5.74, 6) is 0.272. The number of aliphatic hydroxyl groups is 1. The van der Waals surface area contributed by atoms with Crippen LogP contribution in [0.3, 0.4) is 0 Å². The van der Waals surface area contributed by atoms with Gasteiger partial charge in [0.2, 0.25) is 5.43 Å². The molecule has 1 aromatic heterocycles. The smallest absolute Gasteiger partial charge is 0.211 e. The highest BCUT2D eigenvalue weighted by atomic mass is 16.3. The second-order valence-electron chi connectivity index (χ2n) is 7.53. The van der Waals surface area contributed by atoms with Crippen molar-refractivity contribution in [3.05, 3.63) is 99.2 Å². The van der Waals surface area contributed by atoms with E-state index in [1.165, 1.54) is 0 Å². The Labute approximate surface area is 180 Å². The van der Waals surface area contributed by atoms with E-state index >= 15 is 0 Å². The van der Waals surface area contributed by atoms with Gasteiger partial charge in [-0.2, -0.15) is 5.26 Å². The molecule has 154 valence electrons. The summed E-state index contributed by atoms with van der Waals surface area (Å²) in [5, 5.41) is 23.1. The second-order valence-corrected chi connectivity index (χ2v) is 7.53. The van der Waals surface area contributed by atoms with Crippen LogP contribution in [0.2, 0.25) is 0 Å². The van der Waals surface area contributed by atoms with Gasteiger partial charge >= 0.3 is 0 Å². The van der Waals surface area contributed by atoms with Gasteiger partial charge in [-0.15, -0.1) is 0 Å². The quantitative estimate of drug-likeness (QED) is 0.466. The Kier molecular flexibility index (Phi) is 5.57. The van der Waals surface area contributed by atoms with Crippen LogP contribution in [0.15, 0.2) is 75.9 Å². The van der Waals surface area contributed by atoms with E-state index in [4.69, 9.17) is 4.42 Å². The Morgan fingerprint density at radius 1 is 1.10 bits per heavy atom. The normalized spacial score (nSPS) is 11.8. The lowest BCUT2D eigenvalue weighted by atomic mass is 9.98. The summed E-state index contributed by atoms with van der Waals surface area (Å²) < 4.78 is 6.24. The molecule has 1 heterocycles. The fourth-order valence-electron chi connectivity index (χ4n) is 3.80. The average molecular weight is 410 g/mol. The van der Waals surface area contributed by atoms with Gasteiger partial charge in [0.05, 0.1) is 18.0 Å². The van der Waals surface area contributed by atoms with Crippen molar-refractivity contribution in [3.8, 4) is 17.4 Å². The number of nitrogens with zero attached hydrogens (tertiary/aromatic N) is 1. The number of rotatable bonds is 5. The van der Waals surface area contributed by atoms with E-state index in [0.29, 0.717) is 16.5 Å². The SMILES string of the molecule is Cc1cc([C@@H](C)Nc2ccccc2CO)c2oc(-c3ccccc3)c(C#N)c(=O)c2c1. The van der Waals surface area contributed by atoms with Crippen LogP contribution in [-0.4, -0.2) is 5.11 Å². The number of para-hydroxylation sites is 1. The lowest BCUT2D eigenvalue weighted by Gasteiger charge is -2.20. The molecule has 0 saturated heterocycles. The Bertz CT molecular complexity index is 1350. The maximum Gasteiger partial charge on any atom is 0.211 e. The average Bonchev–Trinajstić information content (AvgIpc) is 2.79. The lowest BCUT2D eigenvalue weighted by Crippen LogP contribution is -2.13. The Hall–Kier alpha value is -3.88. The van der Waals surface area contributed by atoms with E-state index in [0.717, 1.165) is 22.4 Å². The van der Waals surface area contributed by atoms with E-state index in [2.05, 4.69) is 5.32 Å². The van der Waals surface area contributed by atoms with Crippen molar-refractivity contribution in [3.63, 3.8) is 0 Å². The number of anilines is 1. The number of aliphatic hydroxyl groups excluding tert-OH is 1. The van der Waals surface area contributed by atoms with Gasteiger partial charge < -0.3 is 14.8 Å². The molecule has 5 heteroatoms. The largest absolute Gasteiger partial charge is 0.454 e. The summed E-state index contributed by atoms with van der Waals surface area (Å²) in [7, 11) is 0. The van der Waals surface area contributed by atoms with E-state index in [1.807, 2.05) is 80.6 Å². The maximum atomic E-state index is 13.2. The van der Waals surface area contributed by atoms with Crippen LogP contribution in [0.4, 0.5) is 5.69 Å². The second kappa shape index (κ2) is 8.47. The van der Waals surface area contributed by atoms with Gasteiger partial charge in [-0.05, 0) is 31.5 Å². The van der Waals surface area contributed by atoms with Crippen molar-refractivity contribution in [1.82, 2.24) is 0 Å². The number of benzene rings is 3. The predicted molar refractivity (Wildman–Crippen MR) is 122 cm³/mol. The number of hydrogen-bond donors (Lipinski definition) is 2. The molecular formula is C26H22N2O3. The summed E-state index contributed by atoms with van der Waals surface area (Å²) >= 11 is 0. The van der Waals surface area contributed by atoms with Gasteiger partial charge in [-0.25, -0.2) is 0 Å². The highest BCUT2D eigenvalue weighted by molar-refractivity contribution is 5.85. The molecule has 0 radical (unpaired) electrons. The Morgan fingerprint density at radius 2 is 1.81 bits per heavy atom. The molecule has 5 nitrogen and oxygen atoms in total. The molecule has 3 aromatic carbocycles. The summed E-state index contributed by atoms with van der Waals surface area (Å²) in [5.41, 5.74) is 4.09. The first-order valence-corrected chi connectivity index (χ1v) is 10.1. The Balaban J connectivity index is 1.93. The number of nitriles is 1. The molecule has 0 aliphatic heterocycles. The van der Waals surface area contributed by atoms with Crippen LogP contribution >= 0.6 is 0 Å². The first kappa shape index (κ1) is 20.4. The summed E-state index contributed by atoms with van der Waals surface area (Å²) in [6, 6.07) is 22.3. The zero-order valence-electron chi connectivity index (χ0n) is 17.3. The fraction of sp³-hybridized carbons (Fsp3) is 0.154. The molecule has 4 aromatic rings. The van der Waals surface area contributed by atoms with Gasteiger partial charge in [-0.3, -0.25) is 4.79 Å². The highest BCUT2D eigenvalue weighted by Crippen LogP contribution is 2.32. The van der Waals surface area contributed by atoms with Crippen molar-refractivity contribution >= 4 is 16.7 Å². The van der Waals surface area contributed by atoms with Crippen LogP contribution in [-0.2, 0) is 6.61 Å². The molecule has 0 amide bonds. The third-order valence-corrected chi connectivity index (χ3v) is 5.34. The molecule has 0 aliphatic carbocycles. The first-order chi connectivity index (χ1) is 15.0. The third kappa shape index (κ3) is 3.81. The van der Waals surface area contributed by atoms with Crippen LogP contribution in [0.25, 0.3) is 22.3 Å². The minimum atomic E-state index is -0.337. The molecule has 0 unspecified atom stereocenters. The van der Waals surface area contributed by atoms with E-state index in [1.54, 1.807) is 6.07 Å². The minimum Gasteiger partial charge on any atom is -0.454 e. The van der Waals surface area contributed by atoms with Crippen molar-refractivity contribution in [2.75, 3.05) is 5.32 Å². The van der Waals surface area contributed by atoms with Crippen LogP contribution in [0.5, 0.6) is 0 Å². The number of aryl methyl sites for hydroxylation is 1. The lowest BCUT2D eigenvalue weighted by molar-refractivity contribution is 0.282. The molecule has 4 rings (SSSR count). The van der Waals surface area contributed by atoms with Crippen LogP contribution in [0.1, 0.15) is 35.2 Å². The van der Waals surface area contributed by atoms with Crippen LogP contribution in [0, 0.1) is 18.3 Å². The van der Waals surface area contributed by atoms with E-state index in [9.17, 15) is 15.2 Å². The van der Waals surface area contributed by atoms with Gasteiger partial charge in [-0.1, -0.05) is 54.6 Å². The standard InChI is InChI=1S/C26H22N2O3/c1-16-12-20(17(2)28-23-11-7-6-10-19(23)15-29)26-21(13-16)24(30)22(14-27)25(31-26)18-8-4-3-5-9-18/h3-13,17,28-29H,15H2,1-2H3/t17-/m1/s1. The van der Waals surface area contributed by atoms with Crippen molar-refractivity contribution < 1.29 is 9.52 Å². The van der Waals surface area contributed by atoms with Gasteiger partial charge in [0, 0.05) is 22.4 Å². The van der Waals surface area contributed by atoms with Crippen molar-refractivity contribution in [1.29, 1.82) is 5.26 Å². The molecule has 0 aliphatic rings. The number of hydrogen-bond acceptors (Lipinski definition) is 5. The molecule has 0 spiro atoms. The fourth-order valence-corrected chi connectivity index (χ4v) is 3.80. The molecule has 31 heavy (non-hydrogen) atoms. The molecule has 1 atom stereocenters. The highest BCUT2D eigenvalue weighted by Gasteiger charge is 2.21. The van der Waals surface area contributed by atoms with Gasteiger partial charge in [0.1, 0.15) is 17.2 Å². The monoisotopic (exact) mass is 410 g/mol. The maximum absolute atomic E-state index is 13.2. The van der Waals surface area contributed by atoms with Crippen LogP contribution < -0.4 is 10.7 Å². The molecule has 0 bridgehead atoms. The van der Waals surface area contributed by atoms with E-state index in [-0.39, 0.29) is 29.4 Å². The minimum absolute atomic E-state index is 0.00138. The Morgan fingerprint density at radius 3 is 2.52 bits per heavy atom. The topological polar surface area (TPSA) is 86.3 Å². The van der Waals surface area contributed by atoms with Gasteiger partial charge in [0.15, 0.2) is 5.76 Å². The number of fused-ring (bicyclic) bond motifs is 1. The summed E-state index contributed by atoms with van der Waals surface area (Å²) in [6.07, 6.45) is 0. The molecule has 0 saturated carbocycles. The zero-order chi connectivity index (χ0) is 22.0. The molecule has 0 fully saturated rings. The predicted octanol–water partition coefficient (Wildman–Crippen LogP) is 5.31. The summed E-state index contributed by atoms with van der Waals surface area (Å²) in [4.78, 5) is 13.2. The summed E-state index contributed by atoms with van der Waals surface area (Å²) in [6.45, 7) is 3.81. The van der Waals surface area contributed by atoms with E-state index < -0.39 is 0 Å². The first-order valence-electron chi connectivity index (χ1n) is 10.1. The molecule has 2 N–H and O–H groups in total. The zero-order valence-corrected chi connectivity index (χ0v) is 17.3. The van der Waals surface area contributed by atoms with Crippen molar-refractivity contribution in [2.24, 2.45) is 0 Å². The van der Waals surface area contributed by atoms with Crippen molar-refractivity contribution in [2.45, 2.75) is 26.5 Å². The number of nitrogens with one attached hydrogen (secondary N) is 1. The third-order valence-electron chi connectivity index (χ3n) is 5.34.